The van der Waals surface area contributed by atoms with Gasteiger partial charge in [-0.2, -0.15) is 0 Å². The first kappa shape index (κ1) is 16.1. The molecule has 0 aliphatic rings. The molecule has 0 aliphatic heterocycles. The highest BCUT2D eigenvalue weighted by molar-refractivity contribution is 7.27. The van der Waals surface area contributed by atoms with Gasteiger partial charge in [0, 0.05) is 5.56 Å². The average molecular weight is 277 g/mol. The number of aryl methyl sites for hydroxylation is 1. The Balaban J connectivity index is 2.65. The molecule has 104 valence electrons. The summed E-state index contributed by atoms with van der Waals surface area (Å²) in [5.74, 6) is 0.133. The molecule has 0 radical (unpaired) electrons. The third-order valence-corrected chi connectivity index (χ3v) is 3.78. The predicted octanol–water partition coefficient (Wildman–Crippen LogP) is 2.97. The summed E-state index contributed by atoms with van der Waals surface area (Å²) >= 11 is 0. The third kappa shape index (κ3) is 5.26. The Bertz CT molecular complexity index is 478. The van der Waals surface area contributed by atoms with E-state index in [9.17, 15) is 4.79 Å². The minimum atomic E-state index is 0.133. The molecule has 1 aromatic rings. The first-order valence-electron chi connectivity index (χ1n) is 6.64. The number of Topliss-reactive ketones (excluding diaryl/α,β-unsaturated/α-hetero) is 1. The number of carbonyl (C=O) groups excluding carboxylic acids is 1. The van der Waals surface area contributed by atoms with Gasteiger partial charge in [-0.15, -0.1) is 9.24 Å². The van der Waals surface area contributed by atoms with Crippen molar-refractivity contribution in [1.82, 2.24) is 4.90 Å². The summed E-state index contributed by atoms with van der Waals surface area (Å²) in [4.78, 5) is 14.4. The average Bonchev–Trinajstić information content (AvgIpc) is 2.36. The second-order valence-corrected chi connectivity index (χ2v) is 5.86. The lowest BCUT2D eigenvalue weighted by Crippen LogP contribution is -2.12. The van der Waals surface area contributed by atoms with Crippen LogP contribution in [0.5, 0.6) is 0 Å². The first-order valence-corrected chi connectivity index (χ1v) is 7.22. The van der Waals surface area contributed by atoms with Crippen molar-refractivity contribution >= 4 is 20.3 Å². The van der Waals surface area contributed by atoms with E-state index in [0.717, 1.165) is 35.8 Å². The first-order chi connectivity index (χ1) is 8.91. The van der Waals surface area contributed by atoms with Gasteiger partial charge in [0.1, 0.15) is 0 Å². The molecule has 1 aromatic carbocycles. The summed E-state index contributed by atoms with van der Waals surface area (Å²) in [6, 6.07) is 5.84. The molecule has 0 heterocycles. The predicted molar refractivity (Wildman–Crippen MR) is 86.4 cm³/mol. The Kier molecular flexibility index (Phi) is 6.41. The molecule has 1 atom stereocenters. The van der Waals surface area contributed by atoms with Gasteiger partial charge in [-0.05, 0) is 69.8 Å². The lowest BCUT2D eigenvalue weighted by atomic mass is 10.0. The van der Waals surface area contributed by atoms with Gasteiger partial charge in [-0.1, -0.05) is 18.2 Å². The molecule has 0 saturated heterocycles. The van der Waals surface area contributed by atoms with Crippen molar-refractivity contribution in [3.05, 3.63) is 41.0 Å². The Morgan fingerprint density at radius 1 is 1.37 bits per heavy atom. The zero-order valence-corrected chi connectivity index (χ0v) is 13.5. The van der Waals surface area contributed by atoms with E-state index in [2.05, 4.69) is 28.2 Å². The van der Waals surface area contributed by atoms with Gasteiger partial charge >= 0.3 is 0 Å². The van der Waals surface area contributed by atoms with Crippen LogP contribution in [-0.4, -0.2) is 31.3 Å². The molecule has 0 aromatic heterocycles. The number of nitrogens with zero attached hydrogens (tertiary/aromatic N) is 1. The summed E-state index contributed by atoms with van der Waals surface area (Å²) in [7, 11) is 6.80. The number of hydrogen-bond acceptors (Lipinski definition) is 2. The van der Waals surface area contributed by atoms with E-state index in [1.807, 2.05) is 38.1 Å². The van der Waals surface area contributed by atoms with Gasteiger partial charge in [0.25, 0.3) is 0 Å². The summed E-state index contributed by atoms with van der Waals surface area (Å²) in [6.45, 7) is 5.00. The van der Waals surface area contributed by atoms with Gasteiger partial charge < -0.3 is 4.90 Å². The molecule has 0 saturated carbocycles. The number of carbonyl (C=O) groups is 1. The van der Waals surface area contributed by atoms with Gasteiger partial charge in [0.2, 0.25) is 0 Å². The van der Waals surface area contributed by atoms with Crippen LogP contribution in [0.3, 0.4) is 0 Å². The number of ketones is 1. The molecule has 0 spiro atoms. The Hall–Kier alpha value is -0.980. The fourth-order valence-corrected chi connectivity index (χ4v) is 2.10. The van der Waals surface area contributed by atoms with Crippen molar-refractivity contribution in [3.8, 4) is 0 Å². The van der Waals surface area contributed by atoms with E-state index in [1.165, 1.54) is 5.56 Å². The summed E-state index contributed by atoms with van der Waals surface area (Å²) < 4.78 is 0. The maximum Gasteiger partial charge on any atom is 0.188 e. The molecule has 1 rings (SSSR count). The quantitative estimate of drug-likeness (QED) is 0.345. The van der Waals surface area contributed by atoms with E-state index in [-0.39, 0.29) is 5.78 Å². The minimum Gasteiger partial charge on any atom is -0.309 e. The van der Waals surface area contributed by atoms with Crippen molar-refractivity contribution in [2.75, 3.05) is 20.6 Å². The third-order valence-electron chi connectivity index (χ3n) is 3.16. The van der Waals surface area contributed by atoms with Crippen LogP contribution in [0.25, 0.3) is 0 Å². The van der Waals surface area contributed by atoms with E-state index < -0.39 is 0 Å². The van der Waals surface area contributed by atoms with Crippen molar-refractivity contribution in [3.63, 3.8) is 0 Å². The molecule has 0 N–H and O–H groups in total. The van der Waals surface area contributed by atoms with E-state index in [0.29, 0.717) is 0 Å². The number of rotatable bonds is 6. The number of unbranched alkanes of at least 4 members (excludes halogenated alkanes) is 1. The molecule has 0 aliphatic carbocycles. The lowest BCUT2D eigenvalue weighted by Gasteiger charge is -2.08. The number of allylic oxidation sites excluding steroid dienone is 2. The summed E-state index contributed by atoms with van der Waals surface area (Å²) in [5.41, 5.74) is 2.80. The van der Waals surface area contributed by atoms with Crippen molar-refractivity contribution in [1.29, 1.82) is 0 Å². The van der Waals surface area contributed by atoms with Crippen LogP contribution in [0.2, 0.25) is 0 Å². The van der Waals surface area contributed by atoms with Crippen LogP contribution in [0, 0.1) is 6.92 Å². The molecular formula is C16H24NOP. The topological polar surface area (TPSA) is 20.3 Å². The summed E-state index contributed by atoms with van der Waals surface area (Å²) in [5, 5.41) is 1.09. The fraction of sp³-hybridized carbons (Fsp3) is 0.438. The van der Waals surface area contributed by atoms with E-state index >= 15 is 0 Å². The van der Waals surface area contributed by atoms with Crippen LogP contribution < -0.4 is 5.30 Å². The zero-order valence-electron chi connectivity index (χ0n) is 12.4. The molecule has 19 heavy (non-hydrogen) atoms. The second kappa shape index (κ2) is 7.57. The standard InChI is InChI=1S/C16H24NOP/c1-12-8-9-14(11-15(12)19)16(18)13(2)7-5-6-10-17(3)4/h7-9,11H,5-6,10,19H2,1-4H3/b13-7-. The largest absolute Gasteiger partial charge is 0.309 e. The lowest BCUT2D eigenvalue weighted by molar-refractivity contribution is 0.103. The number of hydrogen-bond donors (Lipinski definition) is 0. The highest BCUT2D eigenvalue weighted by Gasteiger charge is 2.08. The highest BCUT2D eigenvalue weighted by atomic mass is 31.0. The second-order valence-electron chi connectivity index (χ2n) is 5.23. The molecule has 2 nitrogen and oxygen atoms in total. The van der Waals surface area contributed by atoms with Gasteiger partial charge in [0.05, 0.1) is 0 Å². The maximum atomic E-state index is 12.2. The summed E-state index contributed by atoms with van der Waals surface area (Å²) in [6.07, 6.45) is 4.09. The van der Waals surface area contributed by atoms with Gasteiger partial charge in [0.15, 0.2) is 5.78 Å². The van der Waals surface area contributed by atoms with Crippen LogP contribution in [-0.2, 0) is 0 Å². The molecule has 3 heteroatoms. The highest BCUT2D eigenvalue weighted by Crippen LogP contribution is 2.11. The maximum absolute atomic E-state index is 12.2. The molecule has 0 bridgehead atoms. The Labute approximate surface area is 119 Å². The number of benzene rings is 1. The van der Waals surface area contributed by atoms with Crippen LogP contribution in [0.4, 0.5) is 0 Å². The van der Waals surface area contributed by atoms with Gasteiger partial charge in [-0.25, -0.2) is 0 Å². The Morgan fingerprint density at radius 2 is 2.05 bits per heavy atom. The molecule has 0 fully saturated rings. The van der Waals surface area contributed by atoms with E-state index in [1.54, 1.807) is 0 Å². The Morgan fingerprint density at radius 3 is 2.63 bits per heavy atom. The SMILES string of the molecule is C/C(=C/CCCN(C)C)C(=O)c1ccc(C)c(P)c1. The van der Waals surface area contributed by atoms with Crippen LogP contribution in [0.15, 0.2) is 29.8 Å². The normalized spacial score (nSPS) is 12.0. The van der Waals surface area contributed by atoms with E-state index in [4.69, 9.17) is 0 Å². The van der Waals surface area contributed by atoms with Crippen LogP contribution in [0.1, 0.15) is 35.7 Å². The van der Waals surface area contributed by atoms with Crippen molar-refractivity contribution < 1.29 is 4.79 Å². The molecule has 0 amide bonds. The fourth-order valence-electron chi connectivity index (χ4n) is 1.83. The van der Waals surface area contributed by atoms with Crippen LogP contribution >= 0.6 is 9.24 Å². The minimum absolute atomic E-state index is 0.133. The van der Waals surface area contributed by atoms with Crippen molar-refractivity contribution in [2.24, 2.45) is 0 Å². The monoisotopic (exact) mass is 277 g/mol. The zero-order chi connectivity index (χ0) is 14.4. The van der Waals surface area contributed by atoms with Crippen molar-refractivity contribution in [2.45, 2.75) is 26.7 Å². The van der Waals surface area contributed by atoms with Gasteiger partial charge in [-0.3, -0.25) is 4.79 Å². The molecule has 1 unspecified atom stereocenters. The smallest absolute Gasteiger partial charge is 0.188 e. The molecular weight excluding hydrogens is 253 g/mol.